The predicted octanol–water partition coefficient (Wildman–Crippen LogP) is 8.88. The summed E-state index contributed by atoms with van der Waals surface area (Å²) in [6.07, 6.45) is 5.20. The molecule has 3 N–H and O–H groups in total. The van der Waals surface area contributed by atoms with E-state index in [0.29, 0.717) is 27.6 Å². The van der Waals surface area contributed by atoms with Gasteiger partial charge in [0.15, 0.2) is 0 Å². The second kappa shape index (κ2) is 14.5. The number of carboxylic acid groups (broad SMARTS) is 1. The lowest BCUT2D eigenvalue weighted by Crippen LogP contribution is -2.25. The van der Waals surface area contributed by atoms with Crippen molar-refractivity contribution in [2.24, 2.45) is 0 Å². The van der Waals surface area contributed by atoms with Gasteiger partial charge in [-0.25, -0.2) is 9.59 Å². The fourth-order valence-corrected chi connectivity index (χ4v) is 8.03. The van der Waals surface area contributed by atoms with Gasteiger partial charge in [-0.05, 0) is 55.9 Å². The summed E-state index contributed by atoms with van der Waals surface area (Å²) >= 11 is 27.1. The number of amides is 2. The maximum atomic E-state index is 13.4. The number of thioether (sulfide) groups is 1. The van der Waals surface area contributed by atoms with E-state index in [2.05, 4.69) is 10.6 Å². The smallest absolute Gasteiger partial charge is 0.341 e. The van der Waals surface area contributed by atoms with Crippen molar-refractivity contribution in [3.63, 3.8) is 0 Å². The van der Waals surface area contributed by atoms with Gasteiger partial charge < -0.3 is 20.5 Å². The minimum Gasteiger partial charge on any atom is -0.478 e. The molecule has 0 fully saturated rings. The number of thiophene rings is 1. The first-order valence-electron chi connectivity index (χ1n) is 13.2. The number of halogens is 4. The molecule has 228 valence electrons. The van der Waals surface area contributed by atoms with Gasteiger partial charge in [0.2, 0.25) is 5.91 Å². The Morgan fingerprint density at radius 3 is 2.28 bits per heavy atom. The molecule has 1 atom stereocenters. The normalized spacial score (nSPS) is 13.4. The van der Waals surface area contributed by atoms with Crippen molar-refractivity contribution in [3.05, 3.63) is 71.5 Å². The van der Waals surface area contributed by atoms with Gasteiger partial charge in [0.05, 0.1) is 49.1 Å². The molecule has 14 heteroatoms. The number of methoxy groups -OCH3 is 1. The van der Waals surface area contributed by atoms with Crippen molar-refractivity contribution in [1.29, 1.82) is 0 Å². The van der Waals surface area contributed by atoms with E-state index in [1.54, 1.807) is 24.3 Å². The first-order chi connectivity index (χ1) is 20.5. The van der Waals surface area contributed by atoms with Crippen molar-refractivity contribution in [3.8, 4) is 0 Å². The van der Waals surface area contributed by atoms with E-state index in [9.17, 15) is 24.3 Å². The van der Waals surface area contributed by atoms with Crippen LogP contribution in [0.5, 0.6) is 0 Å². The van der Waals surface area contributed by atoms with Crippen LogP contribution < -0.4 is 10.6 Å². The number of benzene rings is 2. The summed E-state index contributed by atoms with van der Waals surface area (Å²) in [5, 5.41) is 13.9. The number of aromatic carboxylic acids is 1. The quantitative estimate of drug-likeness (QED) is 0.0669. The Morgan fingerprint density at radius 2 is 1.63 bits per heavy atom. The van der Waals surface area contributed by atoms with Crippen LogP contribution in [-0.2, 0) is 22.4 Å². The van der Waals surface area contributed by atoms with Crippen molar-refractivity contribution >= 4 is 104 Å². The number of carboxylic acids is 1. The molecule has 4 rings (SSSR count). The van der Waals surface area contributed by atoms with Crippen LogP contribution in [0, 0.1) is 0 Å². The summed E-state index contributed by atoms with van der Waals surface area (Å²) in [5.74, 6) is -3.10. The fourth-order valence-electron chi connectivity index (χ4n) is 4.71. The zero-order chi connectivity index (χ0) is 31.4. The van der Waals surface area contributed by atoms with E-state index in [-0.39, 0.29) is 21.0 Å². The standard InChI is InChI=1S/C29H26Cl4N2O6S2/c1-3-16(25(36)35-27-18(29(40)41-2)15-10-5-4-6-11-17(15)43-27)42-14-9-7-8-13(12-14)34-26(37)19-20(28(38)39)22(31)24(33)23(32)21(19)30/h7-9,12,16H,3-6,10-11H2,1-2H3,(H,34,37)(H,35,36)(H,38,39). The van der Waals surface area contributed by atoms with Gasteiger partial charge in [0, 0.05) is 15.5 Å². The van der Waals surface area contributed by atoms with Gasteiger partial charge in [0.1, 0.15) is 5.00 Å². The first-order valence-corrected chi connectivity index (χ1v) is 16.4. The summed E-state index contributed by atoms with van der Waals surface area (Å²) in [4.78, 5) is 52.9. The summed E-state index contributed by atoms with van der Waals surface area (Å²) in [5.41, 5.74) is 0.694. The average molecular weight is 704 g/mol. The zero-order valence-corrected chi connectivity index (χ0v) is 27.6. The zero-order valence-electron chi connectivity index (χ0n) is 22.9. The molecule has 43 heavy (non-hydrogen) atoms. The molecule has 1 aromatic heterocycles. The number of esters is 1. The van der Waals surface area contributed by atoms with E-state index in [0.717, 1.165) is 42.5 Å². The largest absolute Gasteiger partial charge is 0.478 e. The molecule has 0 bridgehead atoms. The predicted molar refractivity (Wildman–Crippen MR) is 173 cm³/mol. The van der Waals surface area contributed by atoms with Gasteiger partial charge in [0.25, 0.3) is 5.91 Å². The SMILES string of the molecule is CCC(Sc1cccc(NC(=O)c2c(Cl)c(Cl)c(Cl)c(Cl)c2C(=O)O)c1)C(=O)Nc1sc2c(c1C(=O)OC)CCCCC2. The van der Waals surface area contributed by atoms with Crippen LogP contribution >= 0.6 is 69.5 Å². The molecular formula is C29H26Cl4N2O6S2. The third kappa shape index (κ3) is 7.27. The van der Waals surface area contributed by atoms with Crippen LogP contribution in [0.3, 0.4) is 0 Å². The Balaban J connectivity index is 1.54. The van der Waals surface area contributed by atoms with Crippen LogP contribution in [0.2, 0.25) is 20.1 Å². The Morgan fingerprint density at radius 1 is 0.953 bits per heavy atom. The van der Waals surface area contributed by atoms with Crippen LogP contribution in [-0.4, -0.2) is 41.2 Å². The maximum absolute atomic E-state index is 13.4. The monoisotopic (exact) mass is 702 g/mol. The number of nitrogens with one attached hydrogen (secondary N) is 2. The van der Waals surface area contributed by atoms with E-state index >= 15 is 0 Å². The second-order valence-corrected chi connectivity index (χ2v) is 13.5. The van der Waals surface area contributed by atoms with Crippen molar-refractivity contribution < 1.29 is 29.0 Å². The van der Waals surface area contributed by atoms with E-state index < -0.39 is 39.2 Å². The van der Waals surface area contributed by atoms with Gasteiger partial charge in [-0.1, -0.05) is 65.8 Å². The van der Waals surface area contributed by atoms with Gasteiger partial charge in [-0.3, -0.25) is 9.59 Å². The molecule has 0 radical (unpaired) electrons. The van der Waals surface area contributed by atoms with Crippen molar-refractivity contribution in [2.45, 2.75) is 55.6 Å². The van der Waals surface area contributed by atoms with Crippen molar-refractivity contribution in [2.75, 3.05) is 17.7 Å². The molecule has 1 aliphatic carbocycles. The molecule has 0 spiro atoms. The number of carbonyl (C=O) groups excluding carboxylic acids is 3. The molecule has 3 aromatic rings. The lowest BCUT2D eigenvalue weighted by atomic mass is 10.1. The van der Waals surface area contributed by atoms with E-state index in [1.807, 2.05) is 6.92 Å². The molecule has 0 saturated carbocycles. The molecule has 2 aromatic carbocycles. The van der Waals surface area contributed by atoms with Crippen molar-refractivity contribution in [1.82, 2.24) is 0 Å². The number of ether oxygens (including phenoxy) is 1. The maximum Gasteiger partial charge on any atom is 0.341 e. The topological polar surface area (TPSA) is 122 Å². The molecule has 0 saturated heterocycles. The highest BCUT2D eigenvalue weighted by molar-refractivity contribution is 8.00. The van der Waals surface area contributed by atoms with Crippen LogP contribution in [0.4, 0.5) is 10.7 Å². The third-order valence-electron chi connectivity index (χ3n) is 6.79. The fraction of sp³-hybridized carbons (Fsp3) is 0.310. The Hall–Kier alpha value is -2.47. The van der Waals surface area contributed by atoms with Gasteiger partial charge in [-0.15, -0.1) is 23.1 Å². The number of hydrogen-bond acceptors (Lipinski definition) is 7. The van der Waals surface area contributed by atoms with Crippen LogP contribution in [0.1, 0.15) is 74.1 Å². The average Bonchev–Trinajstić information content (AvgIpc) is 3.15. The van der Waals surface area contributed by atoms with Crippen LogP contribution in [0.15, 0.2) is 29.2 Å². The Labute approximate surface area is 276 Å². The highest BCUT2D eigenvalue weighted by Crippen LogP contribution is 2.42. The Kier molecular flexibility index (Phi) is 11.3. The highest BCUT2D eigenvalue weighted by atomic mass is 35.5. The van der Waals surface area contributed by atoms with E-state index in [4.69, 9.17) is 51.1 Å². The summed E-state index contributed by atoms with van der Waals surface area (Å²) in [6, 6.07) is 6.68. The second-order valence-electron chi connectivity index (χ2n) is 9.56. The van der Waals surface area contributed by atoms with Gasteiger partial charge >= 0.3 is 11.9 Å². The van der Waals surface area contributed by atoms with Crippen LogP contribution in [0.25, 0.3) is 0 Å². The number of fused-ring (bicyclic) bond motifs is 1. The molecule has 2 amide bonds. The number of anilines is 2. The molecule has 1 heterocycles. The molecule has 0 aliphatic heterocycles. The molecule has 1 aliphatic rings. The number of carbonyl (C=O) groups is 4. The number of hydrogen-bond donors (Lipinski definition) is 3. The summed E-state index contributed by atoms with van der Waals surface area (Å²) < 4.78 is 5.04. The number of aryl methyl sites for hydroxylation is 1. The minimum atomic E-state index is -1.51. The summed E-state index contributed by atoms with van der Waals surface area (Å²) in [7, 11) is 1.33. The first kappa shape index (κ1) is 33.4. The lowest BCUT2D eigenvalue weighted by molar-refractivity contribution is -0.115. The van der Waals surface area contributed by atoms with Gasteiger partial charge in [-0.2, -0.15) is 0 Å². The third-order valence-corrected chi connectivity index (χ3v) is 11.2. The highest BCUT2D eigenvalue weighted by Gasteiger charge is 2.30. The molecule has 8 nitrogen and oxygen atoms in total. The number of rotatable bonds is 9. The minimum absolute atomic E-state index is 0.248. The molecular weight excluding hydrogens is 678 g/mol. The Bertz CT molecular complexity index is 1610. The summed E-state index contributed by atoms with van der Waals surface area (Å²) in [6.45, 7) is 1.87. The van der Waals surface area contributed by atoms with E-state index in [1.165, 1.54) is 30.2 Å². The molecule has 1 unspecified atom stereocenters. The lowest BCUT2D eigenvalue weighted by Gasteiger charge is -2.16.